The summed E-state index contributed by atoms with van der Waals surface area (Å²) in [5.41, 5.74) is 2.05. The number of para-hydroxylation sites is 1. The SMILES string of the molecule is CC(=O)NCc1ccccc1-n1c(C)nnc1C. The van der Waals surface area contributed by atoms with Crippen LogP contribution in [0.5, 0.6) is 0 Å². The summed E-state index contributed by atoms with van der Waals surface area (Å²) >= 11 is 0. The van der Waals surface area contributed by atoms with Crippen molar-refractivity contribution in [2.45, 2.75) is 27.3 Å². The lowest BCUT2D eigenvalue weighted by molar-refractivity contribution is -0.119. The highest BCUT2D eigenvalue weighted by Gasteiger charge is 2.10. The van der Waals surface area contributed by atoms with Gasteiger partial charge in [-0.1, -0.05) is 18.2 Å². The zero-order chi connectivity index (χ0) is 13.1. The van der Waals surface area contributed by atoms with Crippen LogP contribution in [0, 0.1) is 13.8 Å². The molecule has 0 saturated carbocycles. The summed E-state index contributed by atoms with van der Waals surface area (Å²) in [5.74, 6) is 1.63. The van der Waals surface area contributed by atoms with Crippen molar-refractivity contribution in [1.82, 2.24) is 20.1 Å². The van der Waals surface area contributed by atoms with E-state index in [0.29, 0.717) is 6.54 Å². The summed E-state index contributed by atoms with van der Waals surface area (Å²) in [4.78, 5) is 11.0. The van der Waals surface area contributed by atoms with Crippen LogP contribution in [0.1, 0.15) is 24.1 Å². The van der Waals surface area contributed by atoms with Gasteiger partial charge in [0.2, 0.25) is 5.91 Å². The topological polar surface area (TPSA) is 59.8 Å². The minimum atomic E-state index is -0.0398. The molecule has 2 aromatic rings. The zero-order valence-electron chi connectivity index (χ0n) is 10.8. The van der Waals surface area contributed by atoms with Gasteiger partial charge in [0.15, 0.2) is 0 Å². The van der Waals surface area contributed by atoms with Gasteiger partial charge in [-0.3, -0.25) is 9.36 Å². The van der Waals surface area contributed by atoms with Crippen LogP contribution in [0.15, 0.2) is 24.3 Å². The van der Waals surface area contributed by atoms with Crippen LogP contribution in [0.25, 0.3) is 5.69 Å². The highest BCUT2D eigenvalue weighted by atomic mass is 16.1. The van der Waals surface area contributed by atoms with Crippen molar-refractivity contribution in [2.75, 3.05) is 0 Å². The predicted molar refractivity (Wildman–Crippen MR) is 68.4 cm³/mol. The van der Waals surface area contributed by atoms with Gasteiger partial charge in [-0.25, -0.2) is 0 Å². The highest BCUT2D eigenvalue weighted by Crippen LogP contribution is 2.17. The third-order valence-electron chi connectivity index (χ3n) is 2.75. The van der Waals surface area contributed by atoms with Crippen molar-refractivity contribution in [2.24, 2.45) is 0 Å². The quantitative estimate of drug-likeness (QED) is 0.890. The zero-order valence-corrected chi connectivity index (χ0v) is 10.8. The first-order valence-corrected chi connectivity index (χ1v) is 5.81. The standard InChI is InChI=1S/C13H16N4O/c1-9-15-16-10(2)17(9)13-7-5-4-6-12(13)8-14-11(3)18/h4-7H,8H2,1-3H3,(H,14,18). The van der Waals surface area contributed by atoms with E-state index in [4.69, 9.17) is 0 Å². The first kappa shape index (κ1) is 12.3. The lowest BCUT2D eigenvalue weighted by Crippen LogP contribution is -2.20. The van der Waals surface area contributed by atoms with Crippen LogP contribution in [-0.2, 0) is 11.3 Å². The van der Waals surface area contributed by atoms with Crippen molar-refractivity contribution in [3.8, 4) is 5.69 Å². The summed E-state index contributed by atoms with van der Waals surface area (Å²) < 4.78 is 1.98. The van der Waals surface area contributed by atoms with Crippen molar-refractivity contribution < 1.29 is 4.79 Å². The van der Waals surface area contributed by atoms with Gasteiger partial charge >= 0.3 is 0 Å². The molecule has 0 aliphatic carbocycles. The lowest BCUT2D eigenvalue weighted by atomic mass is 10.1. The van der Waals surface area contributed by atoms with Gasteiger partial charge in [0, 0.05) is 13.5 Å². The Labute approximate surface area is 106 Å². The van der Waals surface area contributed by atoms with Gasteiger partial charge in [-0.2, -0.15) is 0 Å². The average molecular weight is 244 g/mol. The molecule has 0 aliphatic rings. The Morgan fingerprint density at radius 2 is 1.83 bits per heavy atom. The van der Waals surface area contributed by atoms with Gasteiger partial charge in [0.1, 0.15) is 11.6 Å². The second-order valence-corrected chi connectivity index (χ2v) is 4.17. The lowest BCUT2D eigenvalue weighted by Gasteiger charge is -2.12. The third-order valence-corrected chi connectivity index (χ3v) is 2.75. The van der Waals surface area contributed by atoms with Crippen LogP contribution in [0.4, 0.5) is 0 Å². The molecular formula is C13H16N4O. The molecule has 1 amide bonds. The van der Waals surface area contributed by atoms with Gasteiger partial charge in [0.25, 0.3) is 0 Å². The molecule has 0 aliphatic heterocycles. The number of amides is 1. The Balaban J connectivity index is 2.42. The third kappa shape index (κ3) is 2.40. The normalized spacial score (nSPS) is 10.4. The molecule has 5 nitrogen and oxygen atoms in total. The number of aromatic nitrogens is 3. The predicted octanol–water partition coefficient (Wildman–Crippen LogP) is 1.52. The highest BCUT2D eigenvalue weighted by molar-refractivity contribution is 5.73. The van der Waals surface area contributed by atoms with E-state index in [9.17, 15) is 4.79 Å². The second kappa shape index (κ2) is 5.00. The number of rotatable bonds is 3. The Morgan fingerprint density at radius 1 is 1.22 bits per heavy atom. The minimum Gasteiger partial charge on any atom is -0.352 e. The fourth-order valence-corrected chi connectivity index (χ4v) is 1.92. The molecule has 0 saturated heterocycles. The van der Waals surface area contributed by atoms with Crippen LogP contribution in [0.2, 0.25) is 0 Å². The molecule has 0 atom stereocenters. The molecule has 18 heavy (non-hydrogen) atoms. The number of hydrogen-bond acceptors (Lipinski definition) is 3. The molecule has 1 aromatic carbocycles. The largest absolute Gasteiger partial charge is 0.352 e. The maximum Gasteiger partial charge on any atom is 0.217 e. The molecule has 0 fully saturated rings. The van der Waals surface area contributed by atoms with Crippen LogP contribution >= 0.6 is 0 Å². The molecule has 0 spiro atoms. The molecule has 1 N–H and O–H groups in total. The Morgan fingerprint density at radius 3 is 2.44 bits per heavy atom. The summed E-state index contributed by atoms with van der Waals surface area (Å²) in [7, 11) is 0. The molecule has 0 bridgehead atoms. The van der Waals surface area contributed by atoms with Gasteiger partial charge in [-0.15, -0.1) is 10.2 Å². The molecule has 2 rings (SSSR count). The molecule has 0 unspecified atom stereocenters. The van der Waals surface area contributed by atoms with Crippen LogP contribution in [-0.4, -0.2) is 20.7 Å². The van der Waals surface area contributed by atoms with Gasteiger partial charge in [0.05, 0.1) is 5.69 Å². The summed E-state index contributed by atoms with van der Waals surface area (Å²) in [5, 5.41) is 10.9. The number of carbonyl (C=O) groups is 1. The van der Waals surface area contributed by atoms with E-state index in [1.165, 1.54) is 6.92 Å². The van der Waals surface area contributed by atoms with E-state index in [1.807, 2.05) is 42.7 Å². The summed E-state index contributed by atoms with van der Waals surface area (Å²) in [6.45, 7) is 5.84. The second-order valence-electron chi connectivity index (χ2n) is 4.17. The Hall–Kier alpha value is -2.17. The summed E-state index contributed by atoms with van der Waals surface area (Å²) in [6.07, 6.45) is 0. The van der Waals surface area contributed by atoms with E-state index in [2.05, 4.69) is 15.5 Å². The number of benzene rings is 1. The fourth-order valence-electron chi connectivity index (χ4n) is 1.92. The van der Waals surface area contributed by atoms with E-state index >= 15 is 0 Å². The molecule has 1 aromatic heterocycles. The van der Waals surface area contributed by atoms with E-state index in [-0.39, 0.29) is 5.91 Å². The smallest absolute Gasteiger partial charge is 0.217 e. The van der Waals surface area contributed by atoms with E-state index < -0.39 is 0 Å². The number of nitrogens with one attached hydrogen (secondary N) is 1. The van der Waals surface area contributed by atoms with Gasteiger partial charge < -0.3 is 5.32 Å². The maximum absolute atomic E-state index is 11.0. The number of carbonyl (C=O) groups excluding carboxylic acids is 1. The van der Waals surface area contributed by atoms with E-state index in [0.717, 1.165) is 22.9 Å². The fraction of sp³-hybridized carbons (Fsp3) is 0.308. The minimum absolute atomic E-state index is 0.0398. The molecule has 94 valence electrons. The van der Waals surface area contributed by atoms with E-state index in [1.54, 1.807) is 0 Å². The number of aryl methyl sites for hydroxylation is 2. The Kier molecular flexibility index (Phi) is 3.41. The maximum atomic E-state index is 11.0. The summed E-state index contributed by atoms with van der Waals surface area (Å²) in [6, 6.07) is 7.91. The van der Waals surface area contributed by atoms with Crippen LogP contribution < -0.4 is 5.32 Å². The molecular weight excluding hydrogens is 228 g/mol. The first-order chi connectivity index (χ1) is 8.59. The number of hydrogen-bond donors (Lipinski definition) is 1. The van der Waals surface area contributed by atoms with Crippen molar-refractivity contribution in [3.05, 3.63) is 41.5 Å². The Bertz CT molecular complexity index is 555. The number of nitrogens with zero attached hydrogens (tertiary/aromatic N) is 3. The first-order valence-electron chi connectivity index (χ1n) is 5.81. The molecule has 0 radical (unpaired) electrons. The van der Waals surface area contributed by atoms with Crippen molar-refractivity contribution >= 4 is 5.91 Å². The van der Waals surface area contributed by atoms with Crippen LogP contribution in [0.3, 0.4) is 0 Å². The van der Waals surface area contributed by atoms with Crippen molar-refractivity contribution in [3.63, 3.8) is 0 Å². The monoisotopic (exact) mass is 244 g/mol. The molecule has 5 heteroatoms. The van der Waals surface area contributed by atoms with Gasteiger partial charge in [-0.05, 0) is 25.5 Å². The molecule has 1 heterocycles. The average Bonchev–Trinajstić information content (AvgIpc) is 2.67. The van der Waals surface area contributed by atoms with Crippen molar-refractivity contribution in [1.29, 1.82) is 0 Å².